The molecule has 0 radical (unpaired) electrons. The zero-order chi connectivity index (χ0) is 15.1. The third kappa shape index (κ3) is 3.20. The summed E-state index contributed by atoms with van der Waals surface area (Å²) >= 11 is 5.09. The number of esters is 2. The molecule has 4 nitrogen and oxygen atoms in total. The van der Waals surface area contributed by atoms with Crippen LogP contribution in [-0.4, -0.2) is 17.7 Å². The molecule has 1 aliphatic heterocycles. The lowest BCUT2D eigenvalue weighted by atomic mass is 10.1. The van der Waals surface area contributed by atoms with Crippen molar-refractivity contribution in [1.29, 1.82) is 0 Å². The lowest BCUT2D eigenvalue weighted by Crippen LogP contribution is -2.41. The zero-order valence-electron chi connectivity index (χ0n) is 10.5. The van der Waals surface area contributed by atoms with Crippen LogP contribution in [0.5, 0.6) is 0 Å². The smallest absolute Gasteiger partial charge is 0.348 e. The SMILES string of the molecule is CC1(C)OC(=O)C(=Cc2cc(F)c(I)cc2Br)C(=O)O1. The van der Waals surface area contributed by atoms with E-state index in [0.29, 0.717) is 13.6 Å². The van der Waals surface area contributed by atoms with Crippen LogP contribution in [-0.2, 0) is 19.1 Å². The molecular weight excluding hydrogens is 446 g/mol. The van der Waals surface area contributed by atoms with E-state index in [-0.39, 0.29) is 5.57 Å². The minimum Gasteiger partial charge on any atom is -0.419 e. The van der Waals surface area contributed by atoms with Crippen LogP contribution in [0.2, 0.25) is 0 Å². The normalized spacial score (nSPS) is 17.6. The Bertz CT molecular complexity index is 618. The van der Waals surface area contributed by atoms with Gasteiger partial charge in [-0.1, -0.05) is 15.9 Å². The van der Waals surface area contributed by atoms with Gasteiger partial charge >= 0.3 is 11.9 Å². The second kappa shape index (κ2) is 5.44. The van der Waals surface area contributed by atoms with Crippen LogP contribution in [0.3, 0.4) is 0 Å². The fourth-order valence-corrected chi connectivity index (χ4v) is 2.94. The molecule has 0 N–H and O–H groups in total. The molecule has 0 aromatic heterocycles. The Morgan fingerprint density at radius 1 is 1.25 bits per heavy atom. The second-order valence-electron chi connectivity index (χ2n) is 4.52. The van der Waals surface area contributed by atoms with Crippen LogP contribution in [0.1, 0.15) is 19.4 Å². The van der Waals surface area contributed by atoms with Crippen molar-refractivity contribution in [3.05, 3.63) is 37.1 Å². The minimum atomic E-state index is -1.29. The van der Waals surface area contributed by atoms with Crippen molar-refractivity contribution < 1.29 is 23.5 Å². The summed E-state index contributed by atoms with van der Waals surface area (Å²) in [5.41, 5.74) is 0.0807. The number of cyclic esters (lactones) is 2. The topological polar surface area (TPSA) is 52.6 Å². The van der Waals surface area contributed by atoms with Crippen molar-refractivity contribution in [2.75, 3.05) is 0 Å². The van der Waals surface area contributed by atoms with Gasteiger partial charge in [0.1, 0.15) is 11.4 Å². The van der Waals surface area contributed by atoms with Gasteiger partial charge in [-0.05, 0) is 46.4 Å². The summed E-state index contributed by atoms with van der Waals surface area (Å²) in [5.74, 6) is -3.33. The molecule has 20 heavy (non-hydrogen) atoms. The average molecular weight is 455 g/mol. The minimum absolute atomic E-state index is 0.273. The van der Waals surface area contributed by atoms with E-state index in [0.717, 1.165) is 0 Å². The summed E-state index contributed by atoms with van der Waals surface area (Å²) in [6, 6.07) is 2.77. The maximum absolute atomic E-state index is 13.5. The third-order valence-electron chi connectivity index (χ3n) is 2.46. The van der Waals surface area contributed by atoms with Crippen LogP contribution >= 0.6 is 38.5 Å². The molecule has 0 amide bonds. The molecule has 0 bridgehead atoms. The van der Waals surface area contributed by atoms with Crippen LogP contribution in [0.4, 0.5) is 4.39 Å². The Kier molecular flexibility index (Phi) is 4.19. The lowest BCUT2D eigenvalue weighted by molar-refractivity contribution is -0.222. The summed E-state index contributed by atoms with van der Waals surface area (Å²) < 4.78 is 24.4. The van der Waals surface area contributed by atoms with Gasteiger partial charge in [0.05, 0.1) is 0 Å². The van der Waals surface area contributed by atoms with Crippen molar-refractivity contribution in [3.8, 4) is 0 Å². The lowest BCUT2D eigenvalue weighted by Gasteiger charge is -2.29. The number of carbonyl (C=O) groups excluding carboxylic acids is 2. The van der Waals surface area contributed by atoms with E-state index in [9.17, 15) is 14.0 Å². The summed E-state index contributed by atoms with van der Waals surface area (Å²) in [7, 11) is 0. The summed E-state index contributed by atoms with van der Waals surface area (Å²) in [6.45, 7) is 2.92. The van der Waals surface area contributed by atoms with Gasteiger partial charge in [0.25, 0.3) is 5.79 Å². The van der Waals surface area contributed by atoms with Crippen LogP contribution in [0.15, 0.2) is 22.2 Å². The maximum Gasteiger partial charge on any atom is 0.348 e. The molecular formula is C13H9BrFIO4. The predicted molar refractivity (Wildman–Crippen MR) is 81.1 cm³/mol. The fourth-order valence-electron chi connectivity index (χ4n) is 1.58. The average Bonchev–Trinajstić information content (AvgIpc) is 2.28. The van der Waals surface area contributed by atoms with Crippen molar-refractivity contribution >= 4 is 56.5 Å². The van der Waals surface area contributed by atoms with Crippen LogP contribution in [0, 0.1) is 9.39 Å². The molecule has 0 saturated carbocycles. The highest BCUT2D eigenvalue weighted by Crippen LogP contribution is 2.28. The third-order valence-corrected chi connectivity index (χ3v) is 3.97. The second-order valence-corrected chi connectivity index (χ2v) is 6.54. The Labute approximate surface area is 136 Å². The first-order chi connectivity index (χ1) is 9.19. The molecule has 106 valence electrons. The van der Waals surface area contributed by atoms with E-state index in [4.69, 9.17) is 9.47 Å². The van der Waals surface area contributed by atoms with Crippen molar-refractivity contribution in [3.63, 3.8) is 0 Å². The van der Waals surface area contributed by atoms with E-state index < -0.39 is 23.5 Å². The molecule has 0 atom stereocenters. The Hall–Kier alpha value is -0.960. The molecule has 0 unspecified atom stereocenters. The fraction of sp³-hybridized carbons (Fsp3) is 0.231. The van der Waals surface area contributed by atoms with E-state index in [1.807, 2.05) is 22.6 Å². The number of carbonyl (C=O) groups is 2. The highest BCUT2D eigenvalue weighted by Gasteiger charge is 2.38. The molecule has 1 aromatic carbocycles. The Morgan fingerprint density at radius 3 is 2.35 bits per heavy atom. The molecule has 1 heterocycles. The molecule has 0 spiro atoms. The van der Waals surface area contributed by atoms with E-state index in [1.54, 1.807) is 6.07 Å². The quantitative estimate of drug-likeness (QED) is 0.214. The molecule has 0 aliphatic carbocycles. The van der Waals surface area contributed by atoms with Gasteiger partial charge in [-0.3, -0.25) is 0 Å². The standard InChI is InChI=1S/C13H9BrFIO4/c1-13(2)19-11(17)7(12(18)20-13)3-6-4-9(15)10(16)5-8(6)14/h3-5H,1-2H3. The predicted octanol–water partition coefficient (Wildman–Crippen LogP) is 3.41. The Balaban J connectivity index is 2.43. The molecule has 7 heteroatoms. The zero-order valence-corrected chi connectivity index (χ0v) is 14.2. The van der Waals surface area contributed by atoms with Gasteiger partial charge < -0.3 is 9.47 Å². The first-order valence-corrected chi connectivity index (χ1v) is 7.40. The van der Waals surface area contributed by atoms with Crippen molar-refractivity contribution in [2.45, 2.75) is 19.6 Å². The van der Waals surface area contributed by atoms with Gasteiger partial charge in [0.15, 0.2) is 0 Å². The molecule has 1 aliphatic rings. The number of benzene rings is 1. The van der Waals surface area contributed by atoms with Crippen molar-refractivity contribution in [1.82, 2.24) is 0 Å². The van der Waals surface area contributed by atoms with E-state index >= 15 is 0 Å². The maximum atomic E-state index is 13.5. The highest BCUT2D eigenvalue weighted by molar-refractivity contribution is 14.1. The number of rotatable bonds is 1. The molecule has 2 rings (SSSR count). The molecule has 1 fully saturated rings. The van der Waals surface area contributed by atoms with E-state index in [1.165, 1.54) is 26.0 Å². The molecule has 1 aromatic rings. The Morgan fingerprint density at radius 2 is 1.80 bits per heavy atom. The summed E-state index contributed by atoms with van der Waals surface area (Å²) in [4.78, 5) is 23.6. The van der Waals surface area contributed by atoms with Crippen LogP contribution in [0.25, 0.3) is 6.08 Å². The van der Waals surface area contributed by atoms with E-state index in [2.05, 4.69) is 15.9 Å². The number of hydrogen-bond donors (Lipinski definition) is 0. The molecule has 1 saturated heterocycles. The summed E-state index contributed by atoms with van der Waals surface area (Å²) in [5, 5.41) is 0. The van der Waals surface area contributed by atoms with Gasteiger partial charge in [0, 0.05) is 21.9 Å². The number of halogens is 3. The largest absolute Gasteiger partial charge is 0.419 e. The monoisotopic (exact) mass is 454 g/mol. The van der Waals surface area contributed by atoms with Crippen LogP contribution < -0.4 is 0 Å². The van der Waals surface area contributed by atoms with Crippen molar-refractivity contribution in [2.24, 2.45) is 0 Å². The van der Waals surface area contributed by atoms with Gasteiger partial charge in [-0.2, -0.15) is 0 Å². The first kappa shape index (κ1) is 15.4. The number of hydrogen-bond acceptors (Lipinski definition) is 4. The highest BCUT2D eigenvalue weighted by atomic mass is 127. The first-order valence-electron chi connectivity index (χ1n) is 5.52. The van der Waals surface area contributed by atoms with Gasteiger partial charge in [0.2, 0.25) is 0 Å². The van der Waals surface area contributed by atoms with Gasteiger partial charge in [-0.15, -0.1) is 0 Å². The van der Waals surface area contributed by atoms with Gasteiger partial charge in [-0.25, -0.2) is 14.0 Å². The number of ether oxygens (including phenoxy) is 2. The summed E-state index contributed by atoms with van der Waals surface area (Å²) in [6.07, 6.45) is 1.24.